The lowest BCUT2D eigenvalue weighted by Gasteiger charge is -2.19. The average molecular weight is 311 g/mol. The van der Waals surface area contributed by atoms with Crippen molar-refractivity contribution in [1.29, 1.82) is 0 Å². The van der Waals surface area contributed by atoms with Gasteiger partial charge in [0.1, 0.15) is 18.2 Å². The molecule has 1 aromatic heterocycles. The molecule has 0 atom stereocenters. The number of aromatic nitrogens is 2. The SMILES string of the molecule is CCCCc1nc(CCNC(=O)OC(C)(C)C)cn1COC. The molecule has 22 heavy (non-hydrogen) atoms. The number of alkyl carbamates (subject to hydrolysis) is 1. The van der Waals surface area contributed by atoms with Crippen molar-refractivity contribution in [1.82, 2.24) is 14.9 Å². The van der Waals surface area contributed by atoms with Gasteiger partial charge in [0.05, 0.1) is 5.69 Å². The Hall–Kier alpha value is -1.56. The summed E-state index contributed by atoms with van der Waals surface area (Å²) in [5.41, 5.74) is 0.483. The van der Waals surface area contributed by atoms with Gasteiger partial charge in [0.2, 0.25) is 0 Å². The van der Waals surface area contributed by atoms with Crippen molar-refractivity contribution < 1.29 is 14.3 Å². The van der Waals surface area contributed by atoms with Crippen LogP contribution in [0.2, 0.25) is 0 Å². The molecule has 1 aromatic rings. The molecule has 0 aliphatic carbocycles. The van der Waals surface area contributed by atoms with Gasteiger partial charge in [0.15, 0.2) is 0 Å². The summed E-state index contributed by atoms with van der Waals surface area (Å²) in [6.07, 6.45) is 5.46. The van der Waals surface area contributed by atoms with Crippen LogP contribution in [-0.2, 0) is 29.0 Å². The minimum Gasteiger partial charge on any atom is -0.444 e. The second-order valence-electron chi connectivity index (χ2n) is 6.32. The van der Waals surface area contributed by atoms with Gasteiger partial charge in [-0.3, -0.25) is 0 Å². The molecule has 6 nitrogen and oxygen atoms in total. The molecule has 0 unspecified atom stereocenters. The fourth-order valence-corrected chi connectivity index (χ4v) is 2.03. The quantitative estimate of drug-likeness (QED) is 0.801. The number of ether oxygens (including phenoxy) is 2. The minimum absolute atomic E-state index is 0.393. The molecule has 1 N–H and O–H groups in total. The molecule has 1 rings (SSSR count). The van der Waals surface area contributed by atoms with Gasteiger partial charge >= 0.3 is 6.09 Å². The molecule has 126 valence electrons. The highest BCUT2D eigenvalue weighted by molar-refractivity contribution is 5.67. The normalized spacial score (nSPS) is 11.5. The van der Waals surface area contributed by atoms with Crippen LogP contribution in [0.15, 0.2) is 6.20 Å². The third-order valence-corrected chi connectivity index (χ3v) is 2.98. The third kappa shape index (κ3) is 6.93. The van der Waals surface area contributed by atoms with E-state index in [0.717, 1.165) is 30.8 Å². The van der Waals surface area contributed by atoms with E-state index in [0.29, 0.717) is 19.7 Å². The molecular formula is C16H29N3O3. The molecule has 1 amide bonds. The number of hydrogen-bond acceptors (Lipinski definition) is 4. The number of nitrogens with one attached hydrogen (secondary N) is 1. The lowest BCUT2D eigenvalue weighted by atomic mass is 10.2. The molecule has 0 aromatic carbocycles. The van der Waals surface area contributed by atoms with E-state index in [1.165, 1.54) is 0 Å². The maximum absolute atomic E-state index is 11.6. The van der Waals surface area contributed by atoms with Gasteiger partial charge in [-0.25, -0.2) is 9.78 Å². The number of methoxy groups -OCH3 is 1. The molecule has 1 heterocycles. The maximum atomic E-state index is 11.6. The Kier molecular flexibility index (Phi) is 7.38. The van der Waals surface area contributed by atoms with Crippen molar-refractivity contribution in [2.24, 2.45) is 0 Å². The first-order valence-electron chi connectivity index (χ1n) is 7.86. The zero-order valence-corrected chi connectivity index (χ0v) is 14.4. The molecule has 0 aliphatic heterocycles. The summed E-state index contributed by atoms with van der Waals surface area (Å²) in [6, 6.07) is 0. The van der Waals surface area contributed by atoms with E-state index < -0.39 is 11.7 Å². The van der Waals surface area contributed by atoms with Crippen molar-refractivity contribution in [2.75, 3.05) is 13.7 Å². The van der Waals surface area contributed by atoms with E-state index in [4.69, 9.17) is 9.47 Å². The standard InChI is InChI=1S/C16H29N3O3/c1-6-7-8-14-18-13(11-19(14)12-21-5)9-10-17-15(20)22-16(2,3)4/h11H,6-10,12H2,1-5H3,(H,17,20). The Morgan fingerprint density at radius 3 is 2.68 bits per heavy atom. The highest BCUT2D eigenvalue weighted by atomic mass is 16.6. The molecule has 0 fully saturated rings. The monoisotopic (exact) mass is 311 g/mol. The molecule has 0 bridgehead atoms. The van der Waals surface area contributed by atoms with Crippen LogP contribution in [0.4, 0.5) is 4.79 Å². The summed E-state index contributed by atoms with van der Waals surface area (Å²) in [5.74, 6) is 1.04. The average Bonchev–Trinajstić information content (AvgIpc) is 2.77. The second-order valence-corrected chi connectivity index (χ2v) is 6.32. The number of carbonyl (C=O) groups is 1. The Bertz CT molecular complexity index is 464. The van der Waals surface area contributed by atoms with E-state index in [1.807, 2.05) is 31.5 Å². The highest BCUT2D eigenvalue weighted by Gasteiger charge is 2.15. The molecule has 0 saturated heterocycles. The van der Waals surface area contributed by atoms with Crippen LogP contribution in [0.3, 0.4) is 0 Å². The molecule has 6 heteroatoms. The summed E-state index contributed by atoms with van der Waals surface area (Å²) >= 11 is 0. The van der Waals surface area contributed by atoms with Gasteiger partial charge in [-0.2, -0.15) is 0 Å². The Labute approximate surface area is 133 Å². The third-order valence-electron chi connectivity index (χ3n) is 2.98. The number of rotatable bonds is 8. The fraction of sp³-hybridized carbons (Fsp3) is 0.750. The number of unbranched alkanes of at least 4 members (excludes halogenated alkanes) is 1. The van der Waals surface area contributed by atoms with Crippen molar-refractivity contribution in [3.05, 3.63) is 17.7 Å². The summed E-state index contributed by atoms with van der Waals surface area (Å²) < 4.78 is 12.4. The van der Waals surface area contributed by atoms with Crippen LogP contribution in [-0.4, -0.2) is 34.9 Å². The Morgan fingerprint density at radius 2 is 2.09 bits per heavy atom. The zero-order chi connectivity index (χ0) is 16.6. The van der Waals surface area contributed by atoms with Gasteiger partial charge in [0, 0.05) is 32.7 Å². The van der Waals surface area contributed by atoms with E-state index in [2.05, 4.69) is 17.2 Å². The van der Waals surface area contributed by atoms with Crippen molar-refractivity contribution in [2.45, 2.75) is 65.7 Å². The first-order chi connectivity index (χ1) is 10.4. The summed E-state index contributed by atoms with van der Waals surface area (Å²) in [7, 11) is 1.67. The molecule has 0 radical (unpaired) electrons. The molecular weight excluding hydrogens is 282 g/mol. The van der Waals surface area contributed by atoms with Crippen molar-refractivity contribution >= 4 is 6.09 Å². The topological polar surface area (TPSA) is 65.4 Å². The van der Waals surface area contributed by atoms with E-state index in [-0.39, 0.29) is 0 Å². The smallest absolute Gasteiger partial charge is 0.407 e. The first kappa shape index (κ1) is 18.5. The Morgan fingerprint density at radius 1 is 1.36 bits per heavy atom. The fourth-order valence-electron chi connectivity index (χ4n) is 2.03. The number of nitrogens with zero attached hydrogens (tertiary/aromatic N) is 2. The van der Waals surface area contributed by atoms with Gasteiger partial charge in [-0.1, -0.05) is 13.3 Å². The molecule has 0 aliphatic rings. The summed E-state index contributed by atoms with van der Waals surface area (Å²) in [6.45, 7) is 8.71. The zero-order valence-electron chi connectivity index (χ0n) is 14.4. The lowest BCUT2D eigenvalue weighted by Crippen LogP contribution is -2.33. The minimum atomic E-state index is -0.475. The maximum Gasteiger partial charge on any atom is 0.407 e. The predicted molar refractivity (Wildman–Crippen MR) is 85.8 cm³/mol. The van der Waals surface area contributed by atoms with E-state index in [1.54, 1.807) is 7.11 Å². The van der Waals surface area contributed by atoms with Crippen LogP contribution in [0.5, 0.6) is 0 Å². The van der Waals surface area contributed by atoms with Gasteiger partial charge in [0.25, 0.3) is 0 Å². The Balaban J connectivity index is 2.49. The number of hydrogen-bond donors (Lipinski definition) is 1. The summed E-state index contributed by atoms with van der Waals surface area (Å²) in [4.78, 5) is 16.2. The van der Waals surface area contributed by atoms with E-state index >= 15 is 0 Å². The molecule has 0 saturated carbocycles. The van der Waals surface area contributed by atoms with Crippen LogP contribution < -0.4 is 5.32 Å². The number of carbonyl (C=O) groups excluding carboxylic acids is 1. The van der Waals surface area contributed by atoms with Crippen molar-refractivity contribution in [3.63, 3.8) is 0 Å². The first-order valence-corrected chi connectivity index (χ1v) is 7.86. The number of imidazole rings is 1. The molecule has 0 spiro atoms. The van der Waals surface area contributed by atoms with Crippen LogP contribution in [0, 0.1) is 0 Å². The number of amides is 1. The predicted octanol–water partition coefficient (Wildman–Crippen LogP) is 2.90. The van der Waals surface area contributed by atoms with Crippen molar-refractivity contribution in [3.8, 4) is 0 Å². The second kappa shape index (κ2) is 8.78. The summed E-state index contributed by atoms with van der Waals surface area (Å²) in [5, 5.41) is 2.75. The number of aryl methyl sites for hydroxylation is 1. The largest absolute Gasteiger partial charge is 0.444 e. The van der Waals surface area contributed by atoms with Gasteiger partial charge < -0.3 is 19.4 Å². The van der Waals surface area contributed by atoms with Gasteiger partial charge in [-0.05, 0) is 27.2 Å². The van der Waals surface area contributed by atoms with Crippen LogP contribution in [0.1, 0.15) is 52.1 Å². The van der Waals surface area contributed by atoms with Gasteiger partial charge in [-0.15, -0.1) is 0 Å². The lowest BCUT2D eigenvalue weighted by molar-refractivity contribution is 0.0528. The van der Waals surface area contributed by atoms with E-state index in [9.17, 15) is 4.79 Å². The highest BCUT2D eigenvalue weighted by Crippen LogP contribution is 2.09. The van der Waals surface area contributed by atoms with Crippen LogP contribution >= 0.6 is 0 Å². The van der Waals surface area contributed by atoms with Crippen LogP contribution in [0.25, 0.3) is 0 Å².